The first-order chi connectivity index (χ1) is 11.4. The number of carbonyl (C=O) groups is 2. The summed E-state index contributed by atoms with van der Waals surface area (Å²) in [4.78, 5) is 25.1. The summed E-state index contributed by atoms with van der Waals surface area (Å²) >= 11 is 0. The van der Waals surface area contributed by atoms with Crippen LogP contribution in [0.5, 0.6) is 5.75 Å². The molecule has 4 rings (SSSR count). The summed E-state index contributed by atoms with van der Waals surface area (Å²) in [5.41, 5.74) is 3.12. The summed E-state index contributed by atoms with van der Waals surface area (Å²) in [6.07, 6.45) is 0.172. The van der Waals surface area contributed by atoms with Gasteiger partial charge in [0.1, 0.15) is 5.75 Å². The topological polar surface area (TPSA) is 52.6 Å². The lowest BCUT2D eigenvalue weighted by atomic mass is 9.76. The molecule has 0 saturated carbocycles. The van der Waals surface area contributed by atoms with E-state index in [-0.39, 0.29) is 18.3 Å². The van der Waals surface area contributed by atoms with Gasteiger partial charge in [-0.05, 0) is 43.0 Å². The lowest BCUT2D eigenvalue weighted by molar-refractivity contribution is -0.166. The van der Waals surface area contributed by atoms with E-state index in [4.69, 9.17) is 9.47 Å². The number of esters is 2. The van der Waals surface area contributed by atoms with Gasteiger partial charge in [0.05, 0.1) is 12.0 Å². The average Bonchev–Trinajstić information content (AvgIpc) is 3.05. The van der Waals surface area contributed by atoms with Crippen LogP contribution in [0.1, 0.15) is 40.2 Å². The Morgan fingerprint density at radius 2 is 1.75 bits per heavy atom. The largest absolute Gasteiger partial charge is 0.441 e. The Labute approximate surface area is 140 Å². The molecule has 0 aromatic heterocycles. The highest BCUT2D eigenvalue weighted by atomic mass is 16.6. The normalized spacial score (nSPS) is 24.9. The Balaban J connectivity index is 2.00. The Morgan fingerprint density at radius 1 is 1.04 bits per heavy atom. The SMILES string of the molecule is Cc1cc(C)c2c(c1C)OC(=O)[C@]21OC(=O)C[C@H]1c1ccccc1. The van der Waals surface area contributed by atoms with Crippen molar-refractivity contribution >= 4 is 11.9 Å². The maximum atomic E-state index is 12.9. The quantitative estimate of drug-likeness (QED) is 0.596. The molecule has 2 aliphatic heterocycles. The van der Waals surface area contributed by atoms with E-state index >= 15 is 0 Å². The Kier molecular flexibility index (Phi) is 3.07. The van der Waals surface area contributed by atoms with E-state index in [1.165, 1.54) is 0 Å². The average molecular weight is 322 g/mol. The zero-order valence-corrected chi connectivity index (χ0v) is 13.9. The predicted molar refractivity (Wildman–Crippen MR) is 87.9 cm³/mol. The maximum absolute atomic E-state index is 12.9. The number of carbonyl (C=O) groups excluding carboxylic acids is 2. The Bertz CT molecular complexity index is 869. The fourth-order valence-corrected chi connectivity index (χ4v) is 3.96. The van der Waals surface area contributed by atoms with Crippen molar-refractivity contribution < 1.29 is 19.1 Å². The van der Waals surface area contributed by atoms with Gasteiger partial charge < -0.3 is 9.47 Å². The minimum absolute atomic E-state index is 0.172. The van der Waals surface area contributed by atoms with Crippen LogP contribution in [0.15, 0.2) is 36.4 Å². The van der Waals surface area contributed by atoms with Crippen molar-refractivity contribution in [3.05, 3.63) is 64.2 Å². The van der Waals surface area contributed by atoms with Crippen molar-refractivity contribution in [2.75, 3.05) is 0 Å². The minimum atomic E-state index is -1.36. The fraction of sp³-hybridized carbons (Fsp3) is 0.300. The molecule has 2 aromatic rings. The van der Waals surface area contributed by atoms with Crippen molar-refractivity contribution in [1.29, 1.82) is 0 Å². The third kappa shape index (κ3) is 1.80. The van der Waals surface area contributed by atoms with Gasteiger partial charge in [0.15, 0.2) is 0 Å². The number of rotatable bonds is 1. The monoisotopic (exact) mass is 322 g/mol. The van der Waals surface area contributed by atoms with Crippen molar-refractivity contribution in [2.24, 2.45) is 0 Å². The second kappa shape index (κ2) is 4.94. The van der Waals surface area contributed by atoms with E-state index < -0.39 is 11.6 Å². The highest BCUT2D eigenvalue weighted by Gasteiger charge is 2.63. The minimum Gasteiger partial charge on any atom is -0.441 e. The predicted octanol–water partition coefficient (Wildman–Crippen LogP) is 3.46. The van der Waals surface area contributed by atoms with E-state index in [2.05, 4.69) is 0 Å². The second-order valence-corrected chi connectivity index (χ2v) is 6.61. The van der Waals surface area contributed by atoms with Crippen LogP contribution in [0.25, 0.3) is 0 Å². The maximum Gasteiger partial charge on any atom is 0.361 e. The van der Waals surface area contributed by atoms with Crippen molar-refractivity contribution in [2.45, 2.75) is 38.7 Å². The third-order valence-electron chi connectivity index (χ3n) is 5.19. The van der Waals surface area contributed by atoms with Crippen LogP contribution in [0.3, 0.4) is 0 Å². The van der Waals surface area contributed by atoms with Crippen molar-refractivity contribution in [3.8, 4) is 5.75 Å². The molecular weight excluding hydrogens is 304 g/mol. The third-order valence-corrected chi connectivity index (χ3v) is 5.19. The lowest BCUT2D eigenvalue weighted by Crippen LogP contribution is -2.38. The first-order valence-electron chi connectivity index (χ1n) is 8.05. The standard InChI is InChI=1S/C20H18O4/c1-11-9-12(2)17-18(13(11)3)23-19(22)20(17)15(10-16(21)24-20)14-7-5-4-6-8-14/h4-9,15H,10H2,1-3H3/t15-,20+/m0/s1. The van der Waals surface area contributed by atoms with Gasteiger partial charge in [-0.15, -0.1) is 0 Å². The highest BCUT2D eigenvalue weighted by Crippen LogP contribution is 2.56. The molecule has 122 valence electrons. The number of fused-ring (bicyclic) bond motifs is 2. The molecule has 0 bridgehead atoms. The summed E-state index contributed by atoms with van der Waals surface area (Å²) in [6, 6.07) is 11.6. The van der Waals surface area contributed by atoms with Crippen LogP contribution < -0.4 is 4.74 Å². The van der Waals surface area contributed by atoms with E-state index in [0.29, 0.717) is 11.3 Å². The first-order valence-corrected chi connectivity index (χ1v) is 8.05. The number of ether oxygens (including phenoxy) is 2. The first kappa shape index (κ1) is 14.9. The molecule has 4 nitrogen and oxygen atoms in total. The molecule has 1 spiro atoms. The molecule has 2 atom stereocenters. The number of hydrogen-bond donors (Lipinski definition) is 0. The van der Waals surface area contributed by atoms with Crippen molar-refractivity contribution in [3.63, 3.8) is 0 Å². The molecule has 2 heterocycles. The van der Waals surface area contributed by atoms with Gasteiger partial charge in [0, 0.05) is 5.92 Å². The molecule has 4 heteroatoms. The summed E-state index contributed by atoms with van der Waals surface area (Å²) in [6.45, 7) is 5.84. The molecular formula is C20H18O4. The smallest absolute Gasteiger partial charge is 0.361 e. The molecule has 1 fully saturated rings. The van der Waals surface area contributed by atoms with Crippen LogP contribution in [0, 0.1) is 20.8 Å². The molecule has 24 heavy (non-hydrogen) atoms. The number of aryl methyl sites for hydroxylation is 2. The van der Waals surface area contributed by atoms with Gasteiger partial charge in [-0.2, -0.15) is 0 Å². The zero-order chi connectivity index (χ0) is 17.1. The zero-order valence-electron chi connectivity index (χ0n) is 13.9. The molecule has 1 saturated heterocycles. The number of hydrogen-bond acceptors (Lipinski definition) is 4. The molecule has 0 N–H and O–H groups in total. The van der Waals surface area contributed by atoms with Gasteiger partial charge in [-0.1, -0.05) is 36.4 Å². The molecule has 0 unspecified atom stereocenters. The Hall–Kier alpha value is -2.62. The number of benzene rings is 2. The Morgan fingerprint density at radius 3 is 2.46 bits per heavy atom. The van der Waals surface area contributed by atoms with E-state index in [0.717, 1.165) is 22.3 Å². The van der Waals surface area contributed by atoms with E-state index in [1.54, 1.807) is 0 Å². The molecule has 2 aliphatic rings. The summed E-state index contributed by atoms with van der Waals surface area (Å²) in [5, 5.41) is 0. The van der Waals surface area contributed by atoms with Gasteiger partial charge in [-0.3, -0.25) is 4.79 Å². The summed E-state index contributed by atoms with van der Waals surface area (Å²) < 4.78 is 11.3. The van der Waals surface area contributed by atoms with Crippen LogP contribution >= 0.6 is 0 Å². The van der Waals surface area contributed by atoms with Crippen LogP contribution in [-0.4, -0.2) is 11.9 Å². The van der Waals surface area contributed by atoms with Crippen LogP contribution in [-0.2, 0) is 19.9 Å². The molecule has 0 radical (unpaired) electrons. The second-order valence-electron chi connectivity index (χ2n) is 6.61. The van der Waals surface area contributed by atoms with Gasteiger partial charge in [0.25, 0.3) is 0 Å². The van der Waals surface area contributed by atoms with Gasteiger partial charge in [0.2, 0.25) is 5.60 Å². The van der Waals surface area contributed by atoms with Gasteiger partial charge >= 0.3 is 11.9 Å². The summed E-state index contributed by atoms with van der Waals surface area (Å²) in [5.74, 6) is -0.686. The van der Waals surface area contributed by atoms with Crippen LogP contribution in [0.4, 0.5) is 0 Å². The fourth-order valence-electron chi connectivity index (χ4n) is 3.96. The van der Waals surface area contributed by atoms with E-state index in [1.807, 2.05) is 57.2 Å². The van der Waals surface area contributed by atoms with Crippen LogP contribution in [0.2, 0.25) is 0 Å². The summed E-state index contributed by atoms with van der Waals surface area (Å²) in [7, 11) is 0. The molecule has 0 aliphatic carbocycles. The molecule has 2 aromatic carbocycles. The molecule has 0 amide bonds. The van der Waals surface area contributed by atoms with E-state index in [9.17, 15) is 9.59 Å². The van der Waals surface area contributed by atoms with Crippen molar-refractivity contribution in [1.82, 2.24) is 0 Å². The van der Waals surface area contributed by atoms with Gasteiger partial charge in [-0.25, -0.2) is 4.79 Å². The highest BCUT2D eigenvalue weighted by molar-refractivity contribution is 5.96. The lowest BCUT2D eigenvalue weighted by Gasteiger charge is -2.27.